The molecule has 1 heterocycles. The first-order chi connectivity index (χ1) is 15.8. The lowest BCUT2D eigenvalue weighted by atomic mass is 10.1. The molecule has 2 N–H and O–H groups in total. The number of rotatable bonds is 9. The van der Waals surface area contributed by atoms with Crippen molar-refractivity contribution in [1.29, 1.82) is 0 Å². The first kappa shape index (κ1) is 24.3. The number of benzene rings is 2. The van der Waals surface area contributed by atoms with Crippen LogP contribution in [0.5, 0.6) is 5.75 Å². The molecule has 1 atom stereocenters. The highest BCUT2D eigenvalue weighted by molar-refractivity contribution is 6.00. The van der Waals surface area contributed by atoms with E-state index >= 15 is 0 Å². The molecule has 0 unspecified atom stereocenters. The minimum Gasteiger partial charge on any atom is -0.484 e. The molecule has 3 amide bonds. The van der Waals surface area contributed by atoms with Crippen LogP contribution in [0.4, 0.5) is 11.4 Å². The second kappa shape index (κ2) is 11.0. The van der Waals surface area contributed by atoms with Gasteiger partial charge >= 0.3 is 0 Å². The first-order valence-corrected chi connectivity index (χ1v) is 11.5. The molecule has 0 spiro atoms. The number of ether oxygens (including phenoxy) is 1. The van der Waals surface area contributed by atoms with Gasteiger partial charge in [-0.15, -0.1) is 0 Å². The van der Waals surface area contributed by atoms with E-state index in [0.717, 1.165) is 23.2 Å². The summed E-state index contributed by atoms with van der Waals surface area (Å²) < 4.78 is 5.63. The van der Waals surface area contributed by atoms with Crippen molar-refractivity contribution < 1.29 is 19.1 Å². The van der Waals surface area contributed by atoms with Crippen molar-refractivity contribution in [2.24, 2.45) is 11.8 Å². The summed E-state index contributed by atoms with van der Waals surface area (Å²) in [7, 11) is 0. The molecule has 0 bridgehead atoms. The zero-order valence-corrected chi connectivity index (χ0v) is 19.8. The molecule has 0 aliphatic carbocycles. The Morgan fingerprint density at radius 2 is 1.88 bits per heavy atom. The van der Waals surface area contributed by atoms with Crippen LogP contribution in [0.25, 0.3) is 0 Å². The monoisotopic (exact) mass is 451 g/mol. The largest absolute Gasteiger partial charge is 0.484 e. The first-order valence-electron chi connectivity index (χ1n) is 11.5. The van der Waals surface area contributed by atoms with E-state index in [4.69, 9.17) is 4.74 Å². The Labute approximate surface area is 195 Å². The van der Waals surface area contributed by atoms with Crippen molar-refractivity contribution in [3.63, 3.8) is 0 Å². The highest BCUT2D eigenvalue weighted by atomic mass is 16.5. The Hall–Kier alpha value is -3.35. The summed E-state index contributed by atoms with van der Waals surface area (Å²) in [5, 5.41) is 5.85. The second-order valence-corrected chi connectivity index (χ2v) is 8.84. The van der Waals surface area contributed by atoms with E-state index in [0.29, 0.717) is 30.4 Å². The van der Waals surface area contributed by atoms with Gasteiger partial charge in [-0.05, 0) is 54.7 Å². The SMILES string of the molecule is CCc1cccc(C)c1NC(=O)COc1ccc(N2C[C@@H](C(=O)NCC(C)C)CC2=O)cc1. The van der Waals surface area contributed by atoms with Gasteiger partial charge in [-0.25, -0.2) is 0 Å². The van der Waals surface area contributed by atoms with E-state index < -0.39 is 0 Å². The van der Waals surface area contributed by atoms with Crippen LogP contribution in [0.1, 0.15) is 38.3 Å². The van der Waals surface area contributed by atoms with Gasteiger partial charge in [0.25, 0.3) is 5.91 Å². The molecule has 1 aliphatic heterocycles. The zero-order valence-electron chi connectivity index (χ0n) is 19.8. The van der Waals surface area contributed by atoms with E-state index in [2.05, 4.69) is 10.6 Å². The number of para-hydroxylation sites is 1. The maximum atomic E-state index is 12.4. The number of nitrogens with zero attached hydrogens (tertiary/aromatic N) is 1. The van der Waals surface area contributed by atoms with Gasteiger partial charge in [0.05, 0.1) is 5.92 Å². The summed E-state index contributed by atoms with van der Waals surface area (Å²) in [6.45, 7) is 8.93. The third-order valence-electron chi connectivity index (χ3n) is 5.70. The minimum absolute atomic E-state index is 0.0716. The maximum Gasteiger partial charge on any atom is 0.262 e. The number of anilines is 2. The number of hydrogen-bond acceptors (Lipinski definition) is 4. The second-order valence-electron chi connectivity index (χ2n) is 8.84. The van der Waals surface area contributed by atoms with Crippen molar-refractivity contribution in [1.82, 2.24) is 5.32 Å². The molecule has 2 aromatic carbocycles. The van der Waals surface area contributed by atoms with Crippen LogP contribution < -0.4 is 20.3 Å². The van der Waals surface area contributed by atoms with Crippen LogP contribution in [-0.4, -0.2) is 37.4 Å². The van der Waals surface area contributed by atoms with Gasteiger partial charge in [-0.3, -0.25) is 14.4 Å². The summed E-state index contributed by atoms with van der Waals surface area (Å²) >= 11 is 0. The molecular weight excluding hydrogens is 418 g/mol. The van der Waals surface area contributed by atoms with Crippen molar-refractivity contribution in [2.75, 3.05) is 29.9 Å². The van der Waals surface area contributed by atoms with Crippen molar-refractivity contribution >= 4 is 29.1 Å². The summed E-state index contributed by atoms with van der Waals surface area (Å²) in [6, 6.07) is 13.0. The van der Waals surface area contributed by atoms with Gasteiger partial charge in [0.15, 0.2) is 6.61 Å². The summed E-state index contributed by atoms with van der Waals surface area (Å²) in [6.07, 6.45) is 1.04. The number of carbonyl (C=O) groups excluding carboxylic acids is 3. The van der Waals surface area contributed by atoms with Crippen LogP contribution in [0, 0.1) is 18.8 Å². The van der Waals surface area contributed by atoms with E-state index in [-0.39, 0.29) is 36.7 Å². The van der Waals surface area contributed by atoms with E-state index in [9.17, 15) is 14.4 Å². The molecule has 2 aromatic rings. The van der Waals surface area contributed by atoms with Gasteiger partial charge in [0.1, 0.15) is 5.75 Å². The summed E-state index contributed by atoms with van der Waals surface area (Å²) in [4.78, 5) is 38.8. The van der Waals surface area contributed by atoms with Gasteiger partial charge in [0, 0.05) is 30.9 Å². The van der Waals surface area contributed by atoms with Gasteiger partial charge in [0.2, 0.25) is 11.8 Å². The molecule has 1 saturated heterocycles. The topological polar surface area (TPSA) is 87.7 Å². The quantitative estimate of drug-likeness (QED) is 0.609. The molecule has 1 aliphatic rings. The van der Waals surface area contributed by atoms with Crippen molar-refractivity contribution in [3.05, 3.63) is 53.6 Å². The van der Waals surface area contributed by atoms with E-state index in [1.807, 2.05) is 45.9 Å². The number of nitrogens with one attached hydrogen (secondary N) is 2. The maximum absolute atomic E-state index is 12.4. The average Bonchev–Trinajstić information content (AvgIpc) is 3.19. The smallest absolute Gasteiger partial charge is 0.262 e. The third-order valence-corrected chi connectivity index (χ3v) is 5.70. The summed E-state index contributed by atoms with van der Waals surface area (Å²) in [5.41, 5.74) is 3.64. The Morgan fingerprint density at radius 3 is 2.55 bits per heavy atom. The average molecular weight is 452 g/mol. The summed E-state index contributed by atoms with van der Waals surface area (Å²) in [5.74, 6) is 0.177. The molecule has 7 heteroatoms. The van der Waals surface area contributed by atoms with Crippen molar-refractivity contribution in [2.45, 2.75) is 40.5 Å². The Morgan fingerprint density at radius 1 is 1.15 bits per heavy atom. The van der Waals surface area contributed by atoms with E-state index in [1.165, 1.54) is 0 Å². The zero-order chi connectivity index (χ0) is 24.0. The van der Waals surface area contributed by atoms with Crippen molar-refractivity contribution in [3.8, 4) is 5.75 Å². The third kappa shape index (κ3) is 6.34. The van der Waals surface area contributed by atoms with Crippen LogP contribution in [0.15, 0.2) is 42.5 Å². The van der Waals surface area contributed by atoms with Crippen LogP contribution in [0.3, 0.4) is 0 Å². The fraction of sp³-hybridized carbons (Fsp3) is 0.423. The Kier molecular flexibility index (Phi) is 8.09. The molecule has 0 aromatic heterocycles. The standard InChI is InChI=1S/C26H33N3O4/c1-5-19-8-6-7-18(4)25(19)28-23(30)16-33-22-11-9-21(10-12-22)29-15-20(13-24(29)31)26(32)27-14-17(2)3/h6-12,17,20H,5,13-16H2,1-4H3,(H,27,32)(H,28,30)/t20-/m0/s1. The highest BCUT2D eigenvalue weighted by Crippen LogP contribution is 2.27. The van der Waals surface area contributed by atoms with Crippen LogP contribution >= 0.6 is 0 Å². The molecule has 1 fully saturated rings. The number of carbonyl (C=O) groups is 3. The highest BCUT2D eigenvalue weighted by Gasteiger charge is 2.35. The van der Waals surface area contributed by atoms with Gasteiger partial charge in [-0.2, -0.15) is 0 Å². The van der Waals surface area contributed by atoms with Crippen LogP contribution in [0.2, 0.25) is 0 Å². The molecule has 0 radical (unpaired) electrons. The lowest BCUT2D eigenvalue weighted by Crippen LogP contribution is -2.35. The lowest BCUT2D eigenvalue weighted by Gasteiger charge is -2.18. The van der Waals surface area contributed by atoms with E-state index in [1.54, 1.807) is 29.2 Å². The van der Waals surface area contributed by atoms with Gasteiger partial charge in [-0.1, -0.05) is 39.0 Å². The lowest BCUT2D eigenvalue weighted by molar-refractivity contribution is -0.126. The van der Waals surface area contributed by atoms with Crippen LogP contribution in [-0.2, 0) is 20.8 Å². The molecular formula is C26H33N3O4. The molecule has 7 nitrogen and oxygen atoms in total. The molecule has 33 heavy (non-hydrogen) atoms. The predicted octanol–water partition coefficient (Wildman–Crippen LogP) is 3.70. The molecule has 0 saturated carbocycles. The molecule has 176 valence electrons. The predicted molar refractivity (Wildman–Crippen MR) is 129 cm³/mol. The fourth-order valence-corrected chi connectivity index (χ4v) is 3.83. The fourth-order valence-electron chi connectivity index (χ4n) is 3.83. The number of aryl methyl sites for hydroxylation is 2. The Balaban J connectivity index is 1.54. The number of hydrogen-bond donors (Lipinski definition) is 2. The normalized spacial score (nSPS) is 15.6. The minimum atomic E-state index is -0.342. The number of amides is 3. The van der Waals surface area contributed by atoms with Gasteiger partial charge < -0.3 is 20.3 Å². The molecule has 3 rings (SSSR count). The Bertz CT molecular complexity index is 1000.